The zero-order valence-electron chi connectivity index (χ0n) is 31.6. The largest absolute Gasteiger partial charge is 0.508 e. The molecule has 3 heterocycles. The second kappa shape index (κ2) is 19.9. The number of halogens is 1. The van der Waals surface area contributed by atoms with Gasteiger partial charge in [0.25, 0.3) is 0 Å². The van der Waals surface area contributed by atoms with E-state index in [0.29, 0.717) is 12.8 Å². The van der Waals surface area contributed by atoms with Crippen molar-refractivity contribution in [3.63, 3.8) is 0 Å². The van der Waals surface area contributed by atoms with Crippen molar-refractivity contribution in [3.05, 3.63) is 42.7 Å². The number of hydrogen-bond acceptors (Lipinski definition) is 13. The van der Waals surface area contributed by atoms with Crippen molar-refractivity contribution in [1.82, 2.24) is 24.6 Å². The van der Waals surface area contributed by atoms with Crippen molar-refractivity contribution in [2.24, 2.45) is 5.92 Å². The van der Waals surface area contributed by atoms with Crippen LogP contribution in [0.4, 0.5) is 15.0 Å². The number of rotatable bonds is 21. The molecule has 54 heavy (non-hydrogen) atoms. The van der Waals surface area contributed by atoms with Crippen molar-refractivity contribution in [1.29, 1.82) is 0 Å². The van der Waals surface area contributed by atoms with E-state index in [2.05, 4.69) is 26.0 Å². The Hall–Kier alpha value is -4.29. The minimum absolute atomic E-state index is 0.000247. The lowest BCUT2D eigenvalue weighted by Crippen LogP contribution is -2.46. The molecule has 1 aromatic carbocycles. The first-order valence-corrected chi connectivity index (χ1v) is 20.1. The quantitative estimate of drug-likeness (QED) is 0.0476. The molecule has 0 radical (unpaired) electrons. The first-order chi connectivity index (χ1) is 25.9. The van der Waals surface area contributed by atoms with Crippen LogP contribution in [-0.4, -0.2) is 68.7 Å². The number of hydrogen-bond donors (Lipinski definition) is 2. The van der Waals surface area contributed by atoms with Gasteiger partial charge >= 0.3 is 25.9 Å². The van der Waals surface area contributed by atoms with Gasteiger partial charge < -0.3 is 29.2 Å². The summed E-state index contributed by atoms with van der Waals surface area (Å²) in [5.41, 5.74) is 4.08. The maximum Gasteiger partial charge on any atom is 0.508 e. The van der Waals surface area contributed by atoms with Crippen LogP contribution in [0.25, 0.3) is 11.2 Å². The van der Waals surface area contributed by atoms with Gasteiger partial charge in [-0.15, -0.1) is 6.42 Å². The Kier molecular flexibility index (Phi) is 15.6. The number of ether oxygens (including phenoxy) is 4. The van der Waals surface area contributed by atoms with E-state index < -0.39 is 56.5 Å². The fourth-order valence-electron chi connectivity index (χ4n) is 5.91. The van der Waals surface area contributed by atoms with Crippen LogP contribution in [-0.2, 0) is 32.8 Å². The van der Waals surface area contributed by atoms with E-state index in [1.54, 1.807) is 30.3 Å². The van der Waals surface area contributed by atoms with Gasteiger partial charge in [-0.25, -0.2) is 14.3 Å². The van der Waals surface area contributed by atoms with Gasteiger partial charge in [-0.3, -0.25) is 13.9 Å². The predicted molar refractivity (Wildman–Crippen MR) is 198 cm³/mol. The highest BCUT2D eigenvalue weighted by molar-refractivity contribution is 7.52. The molecule has 0 saturated carbocycles. The molecule has 296 valence electrons. The topological polar surface area (TPSA) is 188 Å². The Morgan fingerprint density at radius 1 is 1.15 bits per heavy atom. The van der Waals surface area contributed by atoms with Crippen LogP contribution >= 0.6 is 7.75 Å². The van der Waals surface area contributed by atoms with Crippen LogP contribution in [0.15, 0.2) is 36.7 Å². The maximum absolute atomic E-state index is 14.5. The van der Waals surface area contributed by atoms with Crippen LogP contribution < -0.4 is 15.3 Å². The molecule has 1 aliphatic rings. The van der Waals surface area contributed by atoms with Gasteiger partial charge in [-0.05, 0) is 37.8 Å². The van der Waals surface area contributed by atoms with Crippen molar-refractivity contribution in [2.75, 3.05) is 18.9 Å². The number of nitrogen functional groups attached to an aromatic ring is 1. The number of nitrogens with one attached hydrogen (secondary N) is 1. The maximum atomic E-state index is 14.5. The summed E-state index contributed by atoms with van der Waals surface area (Å²) in [6, 6.07) is 7.04. The molecule has 1 saturated heterocycles. The van der Waals surface area contributed by atoms with Crippen LogP contribution in [0.1, 0.15) is 98.6 Å². The van der Waals surface area contributed by atoms with Crippen LogP contribution in [0.3, 0.4) is 0 Å². The second-order valence-electron chi connectivity index (χ2n) is 13.3. The van der Waals surface area contributed by atoms with Crippen LogP contribution in [0.5, 0.6) is 5.75 Å². The molecular formula is C37H52FN6O9P. The number of esters is 1. The Balaban J connectivity index is 1.64. The number of nitrogens with two attached hydrogens (primary N) is 1. The number of nitrogens with zero attached hydrogens (tertiary/aromatic N) is 4. The number of carbonyl (C=O) groups is 2. The van der Waals surface area contributed by atoms with E-state index >= 15 is 0 Å². The lowest BCUT2D eigenvalue weighted by atomic mass is 9.99. The van der Waals surface area contributed by atoms with E-state index in [1.807, 2.05) is 27.7 Å². The molecule has 4 rings (SSSR count). The number of para-hydroxylation sites is 1. The number of unbranched alkanes of at least 4 members (excludes halogenated alkanes) is 2. The Morgan fingerprint density at radius 2 is 1.83 bits per heavy atom. The first kappa shape index (κ1) is 42.5. The molecule has 3 aromatic rings. The Morgan fingerprint density at radius 3 is 2.46 bits per heavy atom. The van der Waals surface area contributed by atoms with Crippen molar-refractivity contribution in [3.8, 4) is 18.1 Å². The molecule has 5 atom stereocenters. The van der Waals surface area contributed by atoms with Gasteiger partial charge in [-0.2, -0.15) is 19.4 Å². The average Bonchev–Trinajstić information content (AvgIpc) is 3.74. The summed E-state index contributed by atoms with van der Waals surface area (Å²) in [6.45, 7) is 9.08. The molecule has 15 nitrogen and oxygen atoms in total. The predicted octanol–water partition coefficient (Wildman–Crippen LogP) is 7.27. The summed E-state index contributed by atoms with van der Waals surface area (Å²) in [4.78, 5) is 38.0. The summed E-state index contributed by atoms with van der Waals surface area (Å²) in [5.74, 6) is 2.00. The number of carbonyl (C=O) groups excluding carboxylic acids is 2. The van der Waals surface area contributed by atoms with Gasteiger partial charge in [0.2, 0.25) is 0 Å². The number of aromatic nitrogens is 4. The summed E-state index contributed by atoms with van der Waals surface area (Å²) < 4.78 is 65.5. The minimum Gasteiger partial charge on any atom is -0.464 e. The number of imidazole rings is 1. The number of benzene rings is 1. The third-order valence-electron chi connectivity index (χ3n) is 9.26. The number of fused-ring (bicyclic) bond motifs is 1. The van der Waals surface area contributed by atoms with E-state index in [-0.39, 0.29) is 47.8 Å². The Labute approximate surface area is 315 Å². The monoisotopic (exact) mass is 774 g/mol. The van der Waals surface area contributed by atoms with E-state index in [9.17, 15) is 18.5 Å². The van der Waals surface area contributed by atoms with Gasteiger partial charge in [0.1, 0.15) is 30.7 Å². The van der Waals surface area contributed by atoms with Gasteiger partial charge in [0.05, 0.1) is 12.9 Å². The van der Waals surface area contributed by atoms with E-state index in [4.69, 9.17) is 40.2 Å². The van der Waals surface area contributed by atoms with Crippen molar-refractivity contribution >= 4 is 36.9 Å². The lowest BCUT2D eigenvalue weighted by Gasteiger charge is -2.31. The fraction of sp³-hybridized carbons (Fsp3) is 0.595. The van der Waals surface area contributed by atoms with Gasteiger partial charge in [0, 0.05) is 6.42 Å². The molecule has 1 fully saturated rings. The fourth-order valence-corrected chi connectivity index (χ4v) is 7.43. The lowest BCUT2D eigenvalue weighted by molar-refractivity contribution is -0.146. The molecule has 0 amide bonds. The molecule has 1 aliphatic heterocycles. The molecule has 0 unspecified atom stereocenters. The van der Waals surface area contributed by atoms with E-state index in [1.165, 1.54) is 17.8 Å². The molecule has 0 spiro atoms. The number of anilines is 1. The van der Waals surface area contributed by atoms with Crippen LogP contribution in [0.2, 0.25) is 0 Å². The molecule has 0 bridgehead atoms. The zero-order chi connectivity index (χ0) is 39.3. The summed E-state index contributed by atoms with van der Waals surface area (Å²) >= 11 is 0. The average molecular weight is 775 g/mol. The normalized spacial score (nSPS) is 20.1. The second-order valence-corrected chi connectivity index (χ2v) is 15.0. The molecule has 2 aromatic heterocycles. The Bertz CT molecular complexity index is 1760. The van der Waals surface area contributed by atoms with Crippen molar-refractivity contribution in [2.45, 2.75) is 122 Å². The summed E-state index contributed by atoms with van der Waals surface area (Å²) in [5, 5.41) is 2.66. The SMILES string of the molecule is C#C[C@]1(CO[P@@](=O)(N[C@@H](C)C(=O)OCC(CC)CC)Oc2ccccc2)O[C@@H](n2cnc3c(N)nc(F)nc32)C[C@@H]1OC(=O)OC(CCCC)CCCC. The first-order valence-electron chi connectivity index (χ1n) is 18.5. The summed E-state index contributed by atoms with van der Waals surface area (Å²) in [6.07, 6.45) is 9.02. The van der Waals surface area contributed by atoms with Crippen molar-refractivity contribution < 1.29 is 46.5 Å². The molecule has 3 N–H and O–H groups in total. The zero-order valence-corrected chi connectivity index (χ0v) is 32.5. The molecule has 17 heteroatoms. The highest BCUT2D eigenvalue weighted by Gasteiger charge is 2.53. The highest BCUT2D eigenvalue weighted by atomic mass is 31.2. The number of terminal acetylenes is 1. The smallest absolute Gasteiger partial charge is 0.464 e. The summed E-state index contributed by atoms with van der Waals surface area (Å²) in [7, 11) is -4.47. The van der Waals surface area contributed by atoms with Gasteiger partial charge in [0.15, 0.2) is 28.7 Å². The highest BCUT2D eigenvalue weighted by Crippen LogP contribution is 2.48. The molecule has 0 aliphatic carbocycles. The van der Waals surface area contributed by atoms with Crippen LogP contribution in [0, 0.1) is 24.3 Å². The molecular weight excluding hydrogens is 722 g/mol. The third kappa shape index (κ3) is 11.1. The van der Waals surface area contributed by atoms with E-state index in [0.717, 1.165) is 38.5 Å². The third-order valence-corrected chi connectivity index (χ3v) is 10.9. The van der Waals surface area contributed by atoms with Gasteiger partial charge in [-0.1, -0.05) is 90.3 Å². The standard InChI is InChI=1S/C37H52FN6O9P/c1-7-12-17-27(18-13-8-2)50-36(46)51-29-21-30(44-24-40-31-32(39)41-35(38)42-33(31)44)52-37(29,11-5)23-49-54(47,53-28-19-15-14-16-20-28)43-25(6)34(45)48-22-26(9-3)10-4/h5,14-16,19-20,24-27,29-30H,7-10,12-13,17-18,21-23H2,1-4,6H3,(H,43,47)(H2,39,41,42)/t25-,29-,30+,37+,54-/m0/s1. The minimum atomic E-state index is -4.47.